The molecule has 3 amide bonds. The van der Waals surface area contributed by atoms with Crippen LogP contribution in [0.25, 0.3) is 0 Å². The molecule has 6 atom stereocenters. The molecule has 2 fully saturated rings. The molecule has 0 aromatic heterocycles. The Bertz CT molecular complexity index is 1190. The van der Waals surface area contributed by atoms with E-state index >= 15 is 0 Å². The van der Waals surface area contributed by atoms with Gasteiger partial charge in [0.15, 0.2) is 5.78 Å². The Labute approximate surface area is 258 Å². The number of epoxide rings is 1. The number of aliphatic hydroxyl groups is 1. The van der Waals surface area contributed by atoms with Gasteiger partial charge in [0.25, 0.3) is 0 Å². The molecule has 0 spiro atoms. The predicted octanol–water partition coefficient (Wildman–Crippen LogP) is 0.700. The summed E-state index contributed by atoms with van der Waals surface area (Å²) >= 11 is 0. The second kappa shape index (κ2) is 15.6. The number of Topliss-reactive ketones (excluding diaryl/α,β-unsaturated/α-hetero) is 1. The molecule has 3 aliphatic rings. The minimum Gasteiger partial charge on any atom is -0.497 e. The SMILES string of the molecule is COc1ccc(C[C@H](NC(=O)[C@@H](NC(=O)CC2CNCCO2)[C@@H](C)O)C(=O)N[C@@H](CC2=CCCCC2)C(=O)[C@@]2(C)CO2)cc1. The molecule has 0 radical (unpaired) electrons. The van der Waals surface area contributed by atoms with E-state index in [9.17, 15) is 24.3 Å². The number of morpholine rings is 1. The highest BCUT2D eigenvalue weighted by atomic mass is 16.6. The highest BCUT2D eigenvalue weighted by molar-refractivity contribution is 5.98. The first-order valence-corrected chi connectivity index (χ1v) is 15.5. The number of nitrogens with one attached hydrogen (secondary N) is 4. The smallest absolute Gasteiger partial charge is 0.245 e. The highest BCUT2D eigenvalue weighted by Gasteiger charge is 2.50. The molecule has 1 aliphatic carbocycles. The van der Waals surface area contributed by atoms with Crippen LogP contribution in [0.15, 0.2) is 35.9 Å². The number of aliphatic hydroxyl groups excluding tert-OH is 1. The van der Waals surface area contributed by atoms with E-state index in [2.05, 4.69) is 27.3 Å². The molecule has 12 heteroatoms. The number of carbonyl (C=O) groups is 4. The lowest BCUT2D eigenvalue weighted by atomic mass is 9.89. The topological polar surface area (TPSA) is 168 Å². The maximum atomic E-state index is 13.9. The standard InChI is InChI=1S/C32H46N4O8/c1-20(37)28(36-27(38)17-24-18-33-13-14-43-24)31(41)35-26(16-22-9-11-23(42-3)12-10-22)30(40)34-25(29(39)32(2)19-44-32)15-21-7-5-4-6-8-21/h7,9-12,20,24-26,28,33,37H,4-6,8,13-19H2,1-3H3,(H,34,40)(H,35,41)(H,36,38)/t20-,24?,25+,26+,28+,32-/m1/s1. The molecule has 242 valence electrons. The van der Waals surface area contributed by atoms with Crippen LogP contribution >= 0.6 is 0 Å². The molecule has 2 heterocycles. The monoisotopic (exact) mass is 614 g/mol. The molecule has 1 unspecified atom stereocenters. The Balaban J connectivity index is 1.50. The second-order valence-corrected chi connectivity index (χ2v) is 12.1. The van der Waals surface area contributed by atoms with Crippen molar-refractivity contribution in [2.45, 2.75) is 94.7 Å². The Morgan fingerprint density at radius 3 is 2.39 bits per heavy atom. The number of carbonyl (C=O) groups excluding carboxylic acids is 4. The van der Waals surface area contributed by atoms with Crippen LogP contribution in [-0.2, 0) is 35.1 Å². The summed E-state index contributed by atoms with van der Waals surface area (Å²) in [6, 6.07) is 3.82. The number of amides is 3. The summed E-state index contributed by atoms with van der Waals surface area (Å²) in [6.07, 6.45) is 4.95. The maximum absolute atomic E-state index is 13.9. The Hall–Kier alpha value is -3.32. The fraction of sp³-hybridized carbons (Fsp3) is 0.625. The Kier molecular flexibility index (Phi) is 11.9. The molecule has 1 aromatic carbocycles. The third kappa shape index (κ3) is 9.59. The molecule has 2 aliphatic heterocycles. The molecule has 5 N–H and O–H groups in total. The molecule has 12 nitrogen and oxygen atoms in total. The molecular formula is C32H46N4O8. The summed E-state index contributed by atoms with van der Waals surface area (Å²) in [5.74, 6) is -1.30. The van der Waals surface area contributed by atoms with Gasteiger partial charge in [-0.2, -0.15) is 0 Å². The Morgan fingerprint density at radius 2 is 1.80 bits per heavy atom. The molecule has 2 saturated heterocycles. The van der Waals surface area contributed by atoms with Gasteiger partial charge in [-0.25, -0.2) is 0 Å². The van der Waals surface area contributed by atoms with Gasteiger partial charge in [-0.3, -0.25) is 19.2 Å². The molecular weight excluding hydrogens is 568 g/mol. The zero-order chi connectivity index (χ0) is 31.7. The number of hydrogen-bond donors (Lipinski definition) is 5. The van der Waals surface area contributed by atoms with E-state index < -0.39 is 47.6 Å². The van der Waals surface area contributed by atoms with E-state index in [1.54, 1.807) is 38.3 Å². The molecule has 4 rings (SSSR count). The van der Waals surface area contributed by atoms with Crippen molar-refractivity contribution in [2.75, 3.05) is 33.4 Å². The lowest BCUT2D eigenvalue weighted by Crippen LogP contribution is -2.59. The number of ether oxygens (including phenoxy) is 3. The average Bonchev–Trinajstić information content (AvgIpc) is 3.78. The summed E-state index contributed by atoms with van der Waals surface area (Å²) < 4.78 is 16.2. The van der Waals surface area contributed by atoms with Crippen LogP contribution in [-0.4, -0.2) is 98.0 Å². The first-order chi connectivity index (χ1) is 21.1. The van der Waals surface area contributed by atoms with Crippen LogP contribution in [0.3, 0.4) is 0 Å². The van der Waals surface area contributed by atoms with Gasteiger partial charge in [0.2, 0.25) is 17.7 Å². The van der Waals surface area contributed by atoms with Gasteiger partial charge in [-0.1, -0.05) is 23.8 Å². The van der Waals surface area contributed by atoms with Crippen LogP contribution in [0.2, 0.25) is 0 Å². The molecule has 0 saturated carbocycles. The minimum absolute atomic E-state index is 0.0136. The average molecular weight is 615 g/mol. The van der Waals surface area contributed by atoms with Crippen LogP contribution in [0.1, 0.15) is 57.9 Å². The fourth-order valence-electron chi connectivity index (χ4n) is 5.52. The van der Waals surface area contributed by atoms with Crippen molar-refractivity contribution in [2.24, 2.45) is 0 Å². The maximum Gasteiger partial charge on any atom is 0.245 e. The van der Waals surface area contributed by atoms with Gasteiger partial charge in [0.1, 0.15) is 23.4 Å². The van der Waals surface area contributed by atoms with Gasteiger partial charge >= 0.3 is 0 Å². The van der Waals surface area contributed by atoms with E-state index in [4.69, 9.17) is 14.2 Å². The van der Waals surface area contributed by atoms with Crippen LogP contribution in [0.5, 0.6) is 5.75 Å². The lowest BCUT2D eigenvalue weighted by Gasteiger charge is -2.28. The fourth-order valence-corrected chi connectivity index (χ4v) is 5.52. The number of allylic oxidation sites excluding steroid dienone is 1. The molecule has 0 bridgehead atoms. The second-order valence-electron chi connectivity index (χ2n) is 12.1. The summed E-state index contributed by atoms with van der Waals surface area (Å²) in [6.45, 7) is 5.08. The third-order valence-electron chi connectivity index (χ3n) is 8.31. The van der Waals surface area contributed by atoms with E-state index in [1.807, 2.05) is 0 Å². The largest absolute Gasteiger partial charge is 0.497 e. The first-order valence-electron chi connectivity index (χ1n) is 15.5. The van der Waals surface area contributed by atoms with Crippen molar-refractivity contribution in [1.29, 1.82) is 0 Å². The van der Waals surface area contributed by atoms with Crippen molar-refractivity contribution in [3.63, 3.8) is 0 Å². The number of methoxy groups -OCH3 is 1. The van der Waals surface area contributed by atoms with Crippen molar-refractivity contribution in [1.82, 2.24) is 21.3 Å². The number of rotatable bonds is 15. The van der Waals surface area contributed by atoms with E-state index in [0.717, 1.165) is 36.8 Å². The Morgan fingerprint density at radius 1 is 1.07 bits per heavy atom. The van der Waals surface area contributed by atoms with Crippen molar-refractivity contribution < 1.29 is 38.5 Å². The van der Waals surface area contributed by atoms with Gasteiger partial charge in [0.05, 0.1) is 45.0 Å². The zero-order valence-corrected chi connectivity index (χ0v) is 25.9. The molecule has 44 heavy (non-hydrogen) atoms. The van der Waals surface area contributed by atoms with Gasteiger partial charge < -0.3 is 40.6 Å². The number of hydrogen-bond acceptors (Lipinski definition) is 9. The van der Waals surface area contributed by atoms with E-state index in [1.165, 1.54) is 6.92 Å². The summed E-state index contributed by atoms with van der Waals surface area (Å²) in [7, 11) is 1.55. The van der Waals surface area contributed by atoms with E-state index in [0.29, 0.717) is 38.5 Å². The number of ketones is 1. The number of benzene rings is 1. The summed E-state index contributed by atoms with van der Waals surface area (Å²) in [5.41, 5.74) is 0.909. The van der Waals surface area contributed by atoms with Crippen molar-refractivity contribution >= 4 is 23.5 Å². The van der Waals surface area contributed by atoms with Crippen LogP contribution in [0.4, 0.5) is 0 Å². The van der Waals surface area contributed by atoms with Crippen molar-refractivity contribution in [3.05, 3.63) is 41.5 Å². The zero-order valence-electron chi connectivity index (χ0n) is 25.9. The predicted molar refractivity (Wildman–Crippen MR) is 162 cm³/mol. The highest BCUT2D eigenvalue weighted by Crippen LogP contribution is 2.31. The van der Waals surface area contributed by atoms with Crippen molar-refractivity contribution in [3.8, 4) is 5.75 Å². The lowest BCUT2D eigenvalue weighted by molar-refractivity contribution is -0.136. The van der Waals surface area contributed by atoms with Crippen LogP contribution in [0, 0.1) is 0 Å². The quantitative estimate of drug-likeness (QED) is 0.141. The van der Waals surface area contributed by atoms with Gasteiger partial charge in [-0.15, -0.1) is 0 Å². The van der Waals surface area contributed by atoms with Crippen LogP contribution < -0.4 is 26.0 Å². The normalized spacial score (nSPS) is 24.1. The first kappa shape index (κ1) is 33.6. The molecule has 1 aromatic rings. The van der Waals surface area contributed by atoms with E-state index in [-0.39, 0.29) is 24.7 Å². The minimum atomic E-state index is -1.31. The third-order valence-corrected chi connectivity index (χ3v) is 8.31. The van der Waals surface area contributed by atoms with Gasteiger partial charge in [0, 0.05) is 19.5 Å². The summed E-state index contributed by atoms with van der Waals surface area (Å²) in [5, 5.41) is 21.8. The summed E-state index contributed by atoms with van der Waals surface area (Å²) in [4.78, 5) is 53.5. The van der Waals surface area contributed by atoms with Gasteiger partial charge in [-0.05, 0) is 63.6 Å².